The summed E-state index contributed by atoms with van der Waals surface area (Å²) >= 11 is 6.51. The summed E-state index contributed by atoms with van der Waals surface area (Å²) in [5, 5.41) is 0. The van der Waals surface area contributed by atoms with Gasteiger partial charge in [0.15, 0.2) is 5.78 Å². The van der Waals surface area contributed by atoms with Crippen LogP contribution in [0.3, 0.4) is 0 Å². The molecule has 1 atom stereocenters. The SMILES string of the molecule is CCCCCCCCCCCCCCCC(C)(Cl)C(=O)c1ccccc1.N. The summed E-state index contributed by atoms with van der Waals surface area (Å²) in [6.07, 6.45) is 18.1. The van der Waals surface area contributed by atoms with Gasteiger partial charge in [0, 0.05) is 5.56 Å². The first kappa shape index (κ1) is 26.1. The minimum atomic E-state index is -0.765. The van der Waals surface area contributed by atoms with E-state index in [2.05, 4.69) is 6.92 Å². The Balaban J connectivity index is 0.00000676. The van der Waals surface area contributed by atoms with E-state index in [1.165, 1.54) is 77.0 Å². The Morgan fingerprint density at radius 1 is 0.778 bits per heavy atom. The van der Waals surface area contributed by atoms with Gasteiger partial charge in [-0.05, 0) is 13.3 Å². The minimum Gasteiger partial charge on any atom is -0.344 e. The third-order valence-electron chi connectivity index (χ3n) is 5.26. The smallest absolute Gasteiger partial charge is 0.183 e. The number of Topliss-reactive ketones (excluding diaryl/α,β-unsaturated/α-hetero) is 1. The number of unbranched alkanes of at least 4 members (excludes halogenated alkanes) is 12. The van der Waals surface area contributed by atoms with Crippen molar-refractivity contribution < 1.29 is 4.79 Å². The Labute approximate surface area is 173 Å². The normalized spacial score (nSPS) is 13.0. The zero-order valence-electron chi connectivity index (χ0n) is 17.8. The van der Waals surface area contributed by atoms with Crippen LogP contribution in [0.15, 0.2) is 30.3 Å². The number of hydrogen-bond donors (Lipinski definition) is 1. The van der Waals surface area contributed by atoms with Gasteiger partial charge in [-0.2, -0.15) is 0 Å². The molecule has 0 saturated carbocycles. The van der Waals surface area contributed by atoms with Gasteiger partial charge in [0.25, 0.3) is 0 Å². The molecule has 1 unspecified atom stereocenters. The van der Waals surface area contributed by atoms with Crippen LogP contribution in [0.4, 0.5) is 0 Å². The fourth-order valence-corrected chi connectivity index (χ4v) is 3.72. The molecule has 0 fully saturated rings. The van der Waals surface area contributed by atoms with E-state index in [1.807, 2.05) is 37.3 Å². The van der Waals surface area contributed by atoms with Crippen molar-refractivity contribution in [2.24, 2.45) is 0 Å². The summed E-state index contributed by atoms with van der Waals surface area (Å²) in [6.45, 7) is 4.14. The molecule has 2 nitrogen and oxygen atoms in total. The van der Waals surface area contributed by atoms with Gasteiger partial charge in [-0.15, -0.1) is 11.6 Å². The number of hydrogen-bond acceptors (Lipinski definition) is 2. The van der Waals surface area contributed by atoms with Crippen molar-refractivity contribution in [1.82, 2.24) is 6.15 Å². The highest BCUT2D eigenvalue weighted by Crippen LogP contribution is 2.27. The highest BCUT2D eigenvalue weighted by molar-refractivity contribution is 6.37. The summed E-state index contributed by atoms with van der Waals surface area (Å²) in [4.78, 5) is 11.7. The van der Waals surface area contributed by atoms with Gasteiger partial charge >= 0.3 is 0 Å². The van der Waals surface area contributed by atoms with Crippen LogP contribution >= 0.6 is 11.6 Å². The van der Waals surface area contributed by atoms with E-state index in [4.69, 9.17) is 11.6 Å². The molecule has 0 aliphatic rings. The monoisotopic (exact) mass is 395 g/mol. The molecule has 0 amide bonds. The highest BCUT2D eigenvalue weighted by atomic mass is 35.5. The van der Waals surface area contributed by atoms with E-state index in [-0.39, 0.29) is 11.9 Å². The van der Waals surface area contributed by atoms with E-state index in [0.29, 0.717) is 0 Å². The van der Waals surface area contributed by atoms with Gasteiger partial charge in [0.2, 0.25) is 0 Å². The minimum absolute atomic E-state index is 0. The molecule has 3 N–H and O–H groups in total. The van der Waals surface area contributed by atoms with Crippen LogP contribution < -0.4 is 6.15 Å². The molecule has 0 bridgehead atoms. The molecule has 3 heteroatoms. The molecule has 0 aliphatic carbocycles. The molecule has 0 spiro atoms. The molecule has 156 valence electrons. The standard InChI is InChI=1S/C24H39ClO.H3N/c1-3-4-5-6-7-8-9-10-11-12-13-14-18-21-24(2,25)23(26)22-19-16-15-17-20-22;/h15-17,19-20H,3-14,18,21H2,1-2H3;1H3. The number of benzene rings is 1. The fourth-order valence-electron chi connectivity index (χ4n) is 3.48. The van der Waals surface area contributed by atoms with E-state index < -0.39 is 4.87 Å². The lowest BCUT2D eigenvalue weighted by Crippen LogP contribution is -2.28. The lowest BCUT2D eigenvalue weighted by Gasteiger charge is -2.20. The maximum Gasteiger partial charge on any atom is 0.183 e. The molecule has 27 heavy (non-hydrogen) atoms. The Morgan fingerprint density at radius 2 is 1.19 bits per heavy atom. The molecule has 0 heterocycles. The zero-order valence-corrected chi connectivity index (χ0v) is 18.5. The first-order valence-corrected chi connectivity index (χ1v) is 11.2. The molecule has 1 aromatic carbocycles. The number of halogens is 1. The van der Waals surface area contributed by atoms with Gasteiger partial charge in [-0.1, -0.05) is 121 Å². The van der Waals surface area contributed by atoms with E-state index in [0.717, 1.165) is 18.4 Å². The quantitative estimate of drug-likeness (QED) is 0.173. The van der Waals surface area contributed by atoms with Crippen molar-refractivity contribution in [1.29, 1.82) is 0 Å². The molecule has 1 rings (SSSR count). The van der Waals surface area contributed by atoms with E-state index in [9.17, 15) is 4.79 Å². The molecule has 1 aromatic rings. The predicted octanol–water partition coefficient (Wildman–Crippen LogP) is 8.51. The highest BCUT2D eigenvalue weighted by Gasteiger charge is 2.30. The Kier molecular flexibility index (Phi) is 15.6. The summed E-state index contributed by atoms with van der Waals surface area (Å²) in [6, 6.07) is 9.42. The van der Waals surface area contributed by atoms with Gasteiger partial charge < -0.3 is 6.15 Å². The largest absolute Gasteiger partial charge is 0.344 e. The topological polar surface area (TPSA) is 52.1 Å². The van der Waals surface area contributed by atoms with Gasteiger partial charge in [0.1, 0.15) is 4.87 Å². The van der Waals surface area contributed by atoms with Gasteiger partial charge in [-0.25, -0.2) is 0 Å². The second-order valence-corrected chi connectivity index (χ2v) is 8.72. The van der Waals surface area contributed by atoms with Crippen LogP contribution in [0, 0.1) is 0 Å². The number of carbonyl (C=O) groups excluding carboxylic acids is 1. The van der Waals surface area contributed by atoms with Gasteiger partial charge in [0.05, 0.1) is 0 Å². The van der Waals surface area contributed by atoms with Crippen molar-refractivity contribution in [3.8, 4) is 0 Å². The van der Waals surface area contributed by atoms with E-state index >= 15 is 0 Å². The summed E-state index contributed by atoms with van der Waals surface area (Å²) in [7, 11) is 0. The van der Waals surface area contributed by atoms with Crippen LogP contribution in [0.1, 0.15) is 114 Å². The van der Waals surface area contributed by atoms with Crippen molar-refractivity contribution in [3.05, 3.63) is 35.9 Å². The lowest BCUT2D eigenvalue weighted by molar-refractivity contribution is 0.0940. The third kappa shape index (κ3) is 12.3. The fraction of sp³-hybridized carbons (Fsp3) is 0.708. The molecular weight excluding hydrogens is 354 g/mol. The predicted molar refractivity (Wildman–Crippen MR) is 120 cm³/mol. The Hall–Kier alpha value is -0.860. The van der Waals surface area contributed by atoms with Crippen molar-refractivity contribution in [2.45, 2.75) is 109 Å². The lowest BCUT2D eigenvalue weighted by atomic mass is 9.93. The summed E-state index contributed by atoms with van der Waals surface area (Å²) < 4.78 is 0. The van der Waals surface area contributed by atoms with Gasteiger partial charge in [-0.3, -0.25) is 4.79 Å². The van der Waals surface area contributed by atoms with Crippen molar-refractivity contribution >= 4 is 17.4 Å². The summed E-state index contributed by atoms with van der Waals surface area (Å²) in [5.74, 6) is 0.0544. The van der Waals surface area contributed by atoms with E-state index in [1.54, 1.807) is 0 Å². The van der Waals surface area contributed by atoms with Crippen LogP contribution in [0.25, 0.3) is 0 Å². The summed E-state index contributed by atoms with van der Waals surface area (Å²) in [5.41, 5.74) is 0.722. The molecule has 0 aliphatic heterocycles. The number of carbonyl (C=O) groups is 1. The second kappa shape index (κ2) is 16.1. The average molecular weight is 396 g/mol. The van der Waals surface area contributed by atoms with Crippen molar-refractivity contribution in [3.63, 3.8) is 0 Å². The first-order chi connectivity index (χ1) is 12.6. The third-order valence-corrected chi connectivity index (χ3v) is 5.62. The zero-order chi connectivity index (χ0) is 19.1. The Morgan fingerprint density at radius 3 is 1.63 bits per heavy atom. The van der Waals surface area contributed by atoms with Crippen LogP contribution in [0.2, 0.25) is 0 Å². The van der Waals surface area contributed by atoms with Crippen LogP contribution in [-0.2, 0) is 0 Å². The molecule has 0 aromatic heterocycles. The maximum atomic E-state index is 12.5. The molecule has 0 saturated heterocycles. The Bertz CT molecular complexity index is 473. The average Bonchev–Trinajstić information content (AvgIpc) is 2.65. The first-order valence-electron chi connectivity index (χ1n) is 10.9. The number of ketones is 1. The molecule has 0 radical (unpaired) electrons. The number of alkyl halides is 1. The van der Waals surface area contributed by atoms with Crippen molar-refractivity contribution in [2.75, 3.05) is 0 Å². The van der Waals surface area contributed by atoms with Crippen LogP contribution in [0.5, 0.6) is 0 Å². The molecular formula is C24H42ClNO. The van der Waals surface area contributed by atoms with Crippen LogP contribution in [-0.4, -0.2) is 10.7 Å². The maximum absolute atomic E-state index is 12.5. The number of rotatable bonds is 16. The second-order valence-electron chi connectivity index (χ2n) is 7.89.